The molecule has 0 radical (unpaired) electrons. The second-order valence-corrected chi connectivity index (χ2v) is 3.36. The topological polar surface area (TPSA) is 66.5 Å². The molecule has 0 saturated heterocycles. The van der Waals surface area contributed by atoms with Crippen LogP contribution in [0.1, 0.15) is 18.9 Å². The van der Waals surface area contributed by atoms with Crippen LogP contribution >= 0.6 is 0 Å². The van der Waals surface area contributed by atoms with Gasteiger partial charge in [0.25, 0.3) is 0 Å². The van der Waals surface area contributed by atoms with Crippen molar-refractivity contribution < 1.29 is 10.2 Å². The fourth-order valence-corrected chi connectivity index (χ4v) is 1.25. The van der Waals surface area contributed by atoms with Crippen molar-refractivity contribution in [2.75, 3.05) is 6.54 Å². The van der Waals surface area contributed by atoms with Crippen molar-refractivity contribution in [2.24, 2.45) is 5.73 Å². The van der Waals surface area contributed by atoms with Gasteiger partial charge in [-0.15, -0.1) is 0 Å². The molecule has 1 aromatic rings. The monoisotopic (exact) mass is 181 g/mol. The summed E-state index contributed by atoms with van der Waals surface area (Å²) in [5.74, 6) is 0.201. The number of aromatic hydroxyl groups is 1. The van der Waals surface area contributed by atoms with E-state index in [2.05, 4.69) is 0 Å². The Hall–Kier alpha value is -1.06. The summed E-state index contributed by atoms with van der Waals surface area (Å²) in [4.78, 5) is 0. The lowest BCUT2D eigenvalue weighted by Crippen LogP contribution is -2.24. The first-order valence-electron chi connectivity index (χ1n) is 4.28. The van der Waals surface area contributed by atoms with Crippen LogP contribution in [0.5, 0.6) is 5.75 Å². The van der Waals surface area contributed by atoms with Crippen LogP contribution in [-0.4, -0.2) is 16.8 Å². The lowest BCUT2D eigenvalue weighted by molar-refractivity contribution is 0.0504. The second-order valence-electron chi connectivity index (χ2n) is 3.36. The summed E-state index contributed by atoms with van der Waals surface area (Å²) in [6.45, 7) is 2.15. The van der Waals surface area contributed by atoms with Crippen LogP contribution in [0.3, 0.4) is 0 Å². The molecule has 1 unspecified atom stereocenters. The highest BCUT2D eigenvalue weighted by Crippen LogP contribution is 2.25. The van der Waals surface area contributed by atoms with Gasteiger partial charge in [0.15, 0.2) is 0 Å². The van der Waals surface area contributed by atoms with Crippen molar-refractivity contribution in [1.82, 2.24) is 0 Å². The zero-order chi connectivity index (χ0) is 9.90. The van der Waals surface area contributed by atoms with Crippen molar-refractivity contribution >= 4 is 0 Å². The van der Waals surface area contributed by atoms with Crippen LogP contribution in [0.2, 0.25) is 0 Å². The number of rotatable bonds is 3. The van der Waals surface area contributed by atoms with Gasteiger partial charge in [0.1, 0.15) is 5.75 Å². The highest BCUT2D eigenvalue weighted by molar-refractivity contribution is 5.29. The van der Waals surface area contributed by atoms with Crippen molar-refractivity contribution in [2.45, 2.75) is 18.9 Å². The third-order valence-electron chi connectivity index (χ3n) is 2.12. The van der Waals surface area contributed by atoms with Crippen molar-refractivity contribution in [3.8, 4) is 5.75 Å². The van der Waals surface area contributed by atoms with Gasteiger partial charge < -0.3 is 15.9 Å². The highest BCUT2D eigenvalue weighted by atomic mass is 16.3. The molecule has 0 aliphatic rings. The molecule has 0 aliphatic carbocycles. The maximum atomic E-state index is 9.92. The maximum absolute atomic E-state index is 9.92. The Morgan fingerprint density at radius 1 is 1.31 bits per heavy atom. The average Bonchev–Trinajstić information content (AvgIpc) is 2.05. The van der Waals surface area contributed by atoms with Gasteiger partial charge in [-0.3, -0.25) is 0 Å². The summed E-state index contributed by atoms with van der Waals surface area (Å²) in [7, 11) is 0. The van der Waals surface area contributed by atoms with Gasteiger partial charge in [0.2, 0.25) is 0 Å². The molecule has 0 aromatic heterocycles. The molecule has 0 amide bonds. The first-order valence-corrected chi connectivity index (χ1v) is 4.28. The van der Waals surface area contributed by atoms with Gasteiger partial charge in [0, 0.05) is 0 Å². The summed E-state index contributed by atoms with van der Waals surface area (Å²) in [5.41, 5.74) is 5.25. The zero-order valence-electron chi connectivity index (χ0n) is 7.70. The summed E-state index contributed by atoms with van der Waals surface area (Å²) < 4.78 is 0. The van der Waals surface area contributed by atoms with Gasteiger partial charge in [-0.25, -0.2) is 0 Å². The number of aliphatic hydroxyl groups is 1. The lowest BCUT2D eigenvalue weighted by Gasteiger charge is -2.22. The molecular formula is C10H15NO2. The number of phenolic OH excluding ortho intramolecular Hbond substituents is 1. The number of benzene rings is 1. The Labute approximate surface area is 77.8 Å². The minimum atomic E-state index is -0.900. The van der Waals surface area contributed by atoms with Gasteiger partial charge in [0.05, 0.1) is 5.60 Å². The van der Waals surface area contributed by atoms with Crippen LogP contribution in [0.25, 0.3) is 0 Å². The van der Waals surface area contributed by atoms with E-state index in [-0.39, 0.29) is 5.75 Å². The molecule has 1 rings (SSSR count). The summed E-state index contributed by atoms with van der Waals surface area (Å²) in [6.07, 6.45) is 0.512. The molecule has 4 N–H and O–H groups in total. The average molecular weight is 181 g/mol. The zero-order valence-corrected chi connectivity index (χ0v) is 7.70. The summed E-state index contributed by atoms with van der Waals surface area (Å²) in [6, 6.07) is 6.51. The molecule has 0 bridgehead atoms. The number of hydrogen-bond acceptors (Lipinski definition) is 3. The van der Waals surface area contributed by atoms with Crippen LogP contribution in [-0.2, 0) is 5.60 Å². The largest absolute Gasteiger partial charge is 0.508 e. The van der Waals surface area contributed by atoms with Crippen LogP contribution < -0.4 is 5.73 Å². The summed E-state index contributed by atoms with van der Waals surface area (Å²) in [5, 5.41) is 19.0. The van der Waals surface area contributed by atoms with E-state index in [0.29, 0.717) is 13.0 Å². The Morgan fingerprint density at radius 3 is 2.31 bits per heavy atom. The van der Waals surface area contributed by atoms with Crippen LogP contribution in [0, 0.1) is 0 Å². The quantitative estimate of drug-likeness (QED) is 0.650. The third kappa shape index (κ3) is 2.44. The second kappa shape index (κ2) is 3.77. The van der Waals surface area contributed by atoms with E-state index in [1.165, 1.54) is 0 Å². The number of phenols is 1. The predicted molar refractivity (Wildman–Crippen MR) is 51.3 cm³/mol. The van der Waals surface area contributed by atoms with Gasteiger partial charge in [-0.2, -0.15) is 0 Å². The fourth-order valence-electron chi connectivity index (χ4n) is 1.25. The Balaban J connectivity index is 2.87. The minimum Gasteiger partial charge on any atom is -0.508 e. The van der Waals surface area contributed by atoms with E-state index in [1.807, 2.05) is 0 Å². The summed E-state index contributed by atoms with van der Waals surface area (Å²) >= 11 is 0. The SMILES string of the molecule is CC(O)(CCN)c1ccc(O)cc1. The molecule has 0 aliphatic heterocycles. The van der Waals surface area contributed by atoms with E-state index in [4.69, 9.17) is 10.8 Å². The lowest BCUT2D eigenvalue weighted by atomic mass is 9.93. The Kier molecular flexibility index (Phi) is 2.90. The van der Waals surface area contributed by atoms with E-state index in [1.54, 1.807) is 31.2 Å². The molecule has 0 spiro atoms. The first kappa shape index (κ1) is 10.0. The molecule has 72 valence electrons. The van der Waals surface area contributed by atoms with E-state index in [9.17, 15) is 5.11 Å². The molecule has 3 nitrogen and oxygen atoms in total. The molecule has 0 fully saturated rings. The van der Waals surface area contributed by atoms with Gasteiger partial charge in [-0.05, 0) is 37.6 Å². The highest BCUT2D eigenvalue weighted by Gasteiger charge is 2.21. The smallest absolute Gasteiger partial charge is 0.115 e. The molecule has 0 heterocycles. The van der Waals surface area contributed by atoms with Crippen LogP contribution in [0.15, 0.2) is 24.3 Å². The predicted octanol–water partition coefficient (Wildman–Crippen LogP) is 0.948. The first-order chi connectivity index (χ1) is 6.06. The van der Waals surface area contributed by atoms with Crippen molar-refractivity contribution in [3.05, 3.63) is 29.8 Å². The normalized spacial score (nSPS) is 15.3. The van der Waals surface area contributed by atoms with Crippen LogP contribution in [0.4, 0.5) is 0 Å². The Morgan fingerprint density at radius 2 is 1.85 bits per heavy atom. The van der Waals surface area contributed by atoms with E-state index in [0.717, 1.165) is 5.56 Å². The number of nitrogens with two attached hydrogens (primary N) is 1. The van der Waals surface area contributed by atoms with Crippen molar-refractivity contribution in [1.29, 1.82) is 0 Å². The molecule has 3 heteroatoms. The van der Waals surface area contributed by atoms with Gasteiger partial charge >= 0.3 is 0 Å². The van der Waals surface area contributed by atoms with E-state index >= 15 is 0 Å². The fraction of sp³-hybridized carbons (Fsp3) is 0.400. The minimum absolute atomic E-state index is 0.201. The Bertz CT molecular complexity index is 267. The van der Waals surface area contributed by atoms with E-state index < -0.39 is 5.60 Å². The molecule has 0 saturated carbocycles. The molecule has 13 heavy (non-hydrogen) atoms. The standard InChI is InChI=1S/C10H15NO2/c1-10(13,6-7-11)8-2-4-9(12)5-3-8/h2-5,12-13H,6-7,11H2,1H3. The maximum Gasteiger partial charge on any atom is 0.115 e. The molecule has 1 atom stereocenters. The van der Waals surface area contributed by atoms with Crippen molar-refractivity contribution in [3.63, 3.8) is 0 Å². The number of hydrogen-bond donors (Lipinski definition) is 3. The molecular weight excluding hydrogens is 166 g/mol. The third-order valence-corrected chi connectivity index (χ3v) is 2.12. The van der Waals surface area contributed by atoms with Gasteiger partial charge in [-0.1, -0.05) is 12.1 Å². The molecule has 1 aromatic carbocycles.